The summed E-state index contributed by atoms with van der Waals surface area (Å²) in [4.78, 5) is 12.8. The third kappa shape index (κ3) is 5.02. The van der Waals surface area contributed by atoms with Crippen molar-refractivity contribution < 1.29 is 4.79 Å². The van der Waals surface area contributed by atoms with E-state index in [4.69, 9.17) is 5.73 Å². The van der Waals surface area contributed by atoms with Crippen LogP contribution in [0, 0.1) is 18.3 Å². The number of carbonyl (C=O) groups excluding carboxylic acids is 1. The van der Waals surface area contributed by atoms with Crippen LogP contribution in [0.5, 0.6) is 0 Å². The van der Waals surface area contributed by atoms with Gasteiger partial charge >= 0.3 is 0 Å². The van der Waals surface area contributed by atoms with Crippen LogP contribution >= 0.6 is 0 Å². The fourth-order valence-electron chi connectivity index (χ4n) is 2.95. The lowest BCUT2D eigenvalue weighted by molar-refractivity contribution is -0.117. The maximum atomic E-state index is 12.8. The summed E-state index contributed by atoms with van der Waals surface area (Å²) in [5.41, 5.74) is 9.98. The molecule has 0 saturated carbocycles. The Kier molecular flexibility index (Phi) is 6.29. The van der Waals surface area contributed by atoms with E-state index in [1.165, 1.54) is 6.20 Å². The summed E-state index contributed by atoms with van der Waals surface area (Å²) in [5, 5.41) is 15.4. The molecule has 0 radical (unpaired) electrons. The molecule has 0 aliphatic heterocycles. The van der Waals surface area contributed by atoms with Gasteiger partial charge in [-0.05, 0) is 35.7 Å². The molecule has 29 heavy (non-hydrogen) atoms. The first kappa shape index (κ1) is 19.7. The lowest BCUT2D eigenvalue weighted by atomic mass is 9.98. The van der Waals surface area contributed by atoms with Crippen molar-refractivity contribution >= 4 is 17.3 Å². The Morgan fingerprint density at radius 1 is 1.00 bits per heavy atom. The second kappa shape index (κ2) is 9.25. The lowest BCUT2D eigenvalue weighted by Crippen LogP contribution is -2.30. The van der Waals surface area contributed by atoms with Crippen LogP contribution in [-0.2, 0) is 4.79 Å². The Morgan fingerprint density at radius 3 is 2.14 bits per heavy atom. The first-order valence-electron chi connectivity index (χ1n) is 9.22. The summed E-state index contributed by atoms with van der Waals surface area (Å²) in [7, 11) is 0. The summed E-state index contributed by atoms with van der Waals surface area (Å²) < 4.78 is 0. The van der Waals surface area contributed by atoms with Crippen molar-refractivity contribution in [2.75, 3.05) is 11.1 Å². The molecule has 5 nitrogen and oxygen atoms in total. The normalized spacial score (nSPS) is 11.0. The monoisotopic (exact) mass is 382 g/mol. The zero-order valence-electron chi connectivity index (χ0n) is 16.1. The van der Waals surface area contributed by atoms with Crippen molar-refractivity contribution in [1.29, 1.82) is 5.26 Å². The Balaban J connectivity index is 1.84. The Bertz CT molecular complexity index is 1010. The number of nitrogens with zero attached hydrogens (tertiary/aromatic N) is 1. The van der Waals surface area contributed by atoms with E-state index in [2.05, 4.69) is 10.6 Å². The van der Waals surface area contributed by atoms with Crippen LogP contribution in [0.1, 0.15) is 22.7 Å². The van der Waals surface area contributed by atoms with Gasteiger partial charge in [0.2, 0.25) is 0 Å². The van der Waals surface area contributed by atoms with Gasteiger partial charge in [0.25, 0.3) is 5.91 Å². The Labute approximate surface area is 170 Å². The van der Waals surface area contributed by atoms with Gasteiger partial charge in [0.1, 0.15) is 11.6 Å². The molecule has 5 heteroatoms. The SMILES string of the molecule is Cc1ccc(N)c(N/C=C(/C#N)C(=O)NC(c2ccccc2)c2ccccc2)c1. The summed E-state index contributed by atoms with van der Waals surface area (Å²) in [5.74, 6) is -0.469. The second-order valence-corrected chi connectivity index (χ2v) is 6.63. The number of benzene rings is 3. The predicted octanol–water partition coefficient (Wildman–Crippen LogP) is 4.30. The molecule has 1 amide bonds. The second-order valence-electron chi connectivity index (χ2n) is 6.63. The van der Waals surface area contributed by atoms with E-state index in [1.807, 2.05) is 85.8 Å². The number of nitrogens with one attached hydrogen (secondary N) is 2. The van der Waals surface area contributed by atoms with Gasteiger partial charge in [-0.2, -0.15) is 5.26 Å². The maximum absolute atomic E-state index is 12.8. The predicted molar refractivity (Wildman–Crippen MR) is 116 cm³/mol. The molecule has 3 aromatic rings. The van der Waals surface area contributed by atoms with Crippen LogP contribution in [0.3, 0.4) is 0 Å². The number of carbonyl (C=O) groups is 1. The molecule has 0 aliphatic carbocycles. The van der Waals surface area contributed by atoms with Crippen LogP contribution in [-0.4, -0.2) is 5.91 Å². The minimum atomic E-state index is -0.469. The zero-order valence-corrected chi connectivity index (χ0v) is 16.1. The number of aryl methyl sites for hydroxylation is 1. The number of rotatable bonds is 6. The molecule has 3 rings (SSSR count). The van der Waals surface area contributed by atoms with Crippen molar-refractivity contribution in [2.45, 2.75) is 13.0 Å². The molecule has 0 bridgehead atoms. The summed E-state index contributed by atoms with van der Waals surface area (Å²) >= 11 is 0. The summed E-state index contributed by atoms with van der Waals surface area (Å²) in [6, 6.07) is 26.4. The van der Waals surface area contributed by atoms with Crippen LogP contribution in [0.15, 0.2) is 90.6 Å². The average molecular weight is 382 g/mol. The van der Waals surface area contributed by atoms with Gasteiger partial charge in [-0.1, -0.05) is 66.7 Å². The van der Waals surface area contributed by atoms with E-state index in [0.29, 0.717) is 11.4 Å². The van der Waals surface area contributed by atoms with E-state index in [9.17, 15) is 10.1 Å². The number of nitriles is 1. The van der Waals surface area contributed by atoms with Gasteiger partial charge in [0, 0.05) is 6.20 Å². The van der Waals surface area contributed by atoms with Crippen molar-refractivity contribution in [3.8, 4) is 6.07 Å². The molecule has 0 unspecified atom stereocenters. The molecule has 144 valence electrons. The van der Waals surface area contributed by atoms with Gasteiger partial charge in [0.05, 0.1) is 17.4 Å². The quantitative estimate of drug-likeness (QED) is 0.337. The summed E-state index contributed by atoms with van der Waals surface area (Å²) in [6.07, 6.45) is 1.38. The number of amides is 1. The van der Waals surface area contributed by atoms with Crippen molar-refractivity contribution in [2.24, 2.45) is 0 Å². The highest BCUT2D eigenvalue weighted by Crippen LogP contribution is 2.23. The molecular weight excluding hydrogens is 360 g/mol. The Morgan fingerprint density at radius 2 is 1.59 bits per heavy atom. The fraction of sp³-hybridized carbons (Fsp3) is 0.0833. The van der Waals surface area contributed by atoms with Gasteiger partial charge in [-0.25, -0.2) is 0 Å². The van der Waals surface area contributed by atoms with E-state index in [1.54, 1.807) is 6.07 Å². The van der Waals surface area contributed by atoms with Crippen molar-refractivity contribution in [3.05, 3.63) is 107 Å². The highest BCUT2D eigenvalue weighted by molar-refractivity contribution is 5.98. The zero-order chi connectivity index (χ0) is 20.6. The molecule has 0 saturated heterocycles. The van der Waals surface area contributed by atoms with Crippen LogP contribution < -0.4 is 16.4 Å². The van der Waals surface area contributed by atoms with Crippen LogP contribution in [0.2, 0.25) is 0 Å². The molecule has 0 aromatic heterocycles. The highest BCUT2D eigenvalue weighted by Gasteiger charge is 2.19. The number of hydrogen-bond donors (Lipinski definition) is 3. The van der Waals surface area contributed by atoms with Crippen LogP contribution in [0.4, 0.5) is 11.4 Å². The standard InChI is InChI=1S/C24H22N4O/c1-17-12-13-21(26)22(14-17)27-16-20(15-25)24(29)28-23(18-8-4-2-5-9-18)19-10-6-3-7-11-19/h2-14,16,23,27H,26H2,1H3,(H,28,29)/b20-16-. The third-order valence-corrected chi connectivity index (χ3v) is 4.49. The molecular formula is C24H22N4O. The summed E-state index contributed by atoms with van der Waals surface area (Å²) in [6.45, 7) is 1.94. The Hall–Kier alpha value is -4.04. The van der Waals surface area contributed by atoms with Gasteiger partial charge in [0.15, 0.2) is 0 Å². The lowest BCUT2D eigenvalue weighted by Gasteiger charge is -2.19. The van der Waals surface area contributed by atoms with E-state index in [-0.39, 0.29) is 11.6 Å². The first-order chi connectivity index (χ1) is 14.1. The number of nitrogen functional groups attached to an aromatic ring is 1. The largest absolute Gasteiger partial charge is 0.397 e. The minimum absolute atomic E-state index is 0.0391. The number of nitrogens with two attached hydrogens (primary N) is 1. The maximum Gasteiger partial charge on any atom is 0.264 e. The number of anilines is 2. The van der Waals surface area contributed by atoms with Crippen molar-refractivity contribution in [3.63, 3.8) is 0 Å². The van der Waals surface area contributed by atoms with E-state index in [0.717, 1.165) is 16.7 Å². The molecule has 0 aliphatic rings. The molecule has 0 atom stereocenters. The smallest absolute Gasteiger partial charge is 0.264 e. The highest BCUT2D eigenvalue weighted by atomic mass is 16.1. The van der Waals surface area contributed by atoms with E-state index >= 15 is 0 Å². The van der Waals surface area contributed by atoms with E-state index < -0.39 is 5.91 Å². The van der Waals surface area contributed by atoms with Gasteiger partial charge < -0.3 is 16.4 Å². The minimum Gasteiger partial charge on any atom is -0.397 e. The third-order valence-electron chi connectivity index (χ3n) is 4.49. The molecule has 3 aromatic carbocycles. The van der Waals surface area contributed by atoms with Crippen LogP contribution in [0.25, 0.3) is 0 Å². The molecule has 0 spiro atoms. The first-order valence-corrected chi connectivity index (χ1v) is 9.22. The molecule has 0 fully saturated rings. The topological polar surface area (TPSA) is 90.9 Å². The molecule has 4 N–H and O–H groups in total. The fourth-order valence-corrected chi connectivity index (χ4v) is 2.95. The van der Waals surface area contributed by atoms with Gasteiger partial charge in [-0.3, -0.25) is 4.79 Å². The van der Waals surface area contributed by atoms with Crippen molar-refractivity contribution in [1.82, 2.24) is 5.32 Å². The average Bonchev–Trinajstić information content (AvgIpc) is 2.76. The number of hydrogen-bond acceptors (Lipinski definition) is 4. The van der Waals surface area contributed by atoms with Gasteiger partial charge in [-0.15, -0.1) is 0 Å². The molecule has 0 heterocycles.